The Morgan fingerprint density at radius 3 is 2.41 bits per heavy atom. The molecule has 0 heterocycles. The van der Waals surface area contributed by atoms with Crippen molar-refractivity contribution in [2.24, 2.45) is 0 Å². The largest absolute Gasteiger partial charge is 0.495 e. The lowest BCUT2D eigenvalue weighted by Crippen LogP contribution is -2.39. The number of sulfonamides is 1. The average Bonchev–Trinajstić information content (AvgIpc) is 2.71. The van der Waals surface area contributed by atoms with Crippen molar-refractivity contribution in [3.8, 4) is 5.75 Å². The lowest BCUT2D eigenvalue weighted by molar-refractivity contribution is -0.148. The molecule has 29 heavy (non-hydrogen) atoms. The molecule has 2 rings (SSSR count). The van der Waals surface area contributed by atoms with Crippen LogP contribution in [0.15, 0.2) is 60.0 Å². The first kappa shape index (κ1) is 22.1. The predicted octanol–water partition coefficient (Wildman–Crippen LogP) is 2.16. The molecule has 9 heteroatoms. The number of esters is 1. The third kappa shape index (κ3) is 7.40. The van der Waals surface area contributed by atoms with Gasteiger partial charge < -0.3 is 14.8 Å². The molecule has 1 amide bonds. The van der Waals surface area contributed by atoms with E-state index in [1.54, 1.807) is 48.5 Å². The van der Waals surface area contributed by atoms with Crippen LogP contribution in [0.2, 0.25) is 0 Å². The van der Waals surface area contributed by atoms with Crippen molar-refractivity contribution in [1.82, 2.24) is 4.72 Å². The molecule has 0 radical (unpaired) electrons. The Balaban J connectivity index is 1.85. The topological polar surface area (TPSA) is 111 Å². The third-order valence-electron chi connectivity index (χ3n) is 3.66. The van der Waals surface area contributed by atoms with E-state index in [1.807, 2.05) is 6.07 Å². The summed E-state index contributed by atoms with van der Waals surface area (Å²) in [5.74, 6) is -1.00. The van der Waals surface area contributed by atoms with Crippen molar-refractivity contribution >= 4 is 33.7 Å². The van der Waals surface area contributed by atoms with Gasteiger partial charge in [-0.1, -0.05) is 42.5 Å². The molecule has 0 saturated carbocycles. The van der Waals surface area contributed by atoms with Crippen LogP contribution in [0.4, 0.5) is 5.69 Å². The molecule has 2 N–H and O–H groups in total. The molecular weight excluding hydrogens is 396 g/mol. The summed E-state index contributed by atoms with van der Waals surface area (Å²) in [4.78, 5) is 24.0. The van der Waals surface area contributed by atoms with Gasteiger partial charge in [-0.25, -0.2) is 8.42 Å². The molecule has 0 unspecified atom stereocenters. The molecule has 2 aromatic carbocycles. The lowest BCUT2D eigenvalue weighted by Gasteiger charge is -2.13. The maximum Gasteiger partial charge on any atom is 0.324 e. The summed E-state index contributed by atoms with van der Waals surface area (Å²) in [5, 5.41) is 3.51. The maximum atomic E-state index is 12.1. The Hall–Kier alpha value is -3.17. The zero-order valence-corrected chi connectivity index (χ0v) is 16.8. The number of nitrogens with one attached hydrogen (secondary N) is 2. The number of anilines is 1. The first-order chi connectivity index (χ1) is 13.8. The highest BCUT2D eigenvalue weighted by Crippen LogP contribution is 2.22. The number of hydrogen-bond acceptors (Lipinski definition) is 6. The van der Waals surface area contributed by atoms with E-state index >= 15 is 0 Å². The van der Waals surface area contributed by atoms with Crippen LogP contribution in [0.3, 0.4) is 0 Å². The van der Waals surface area contributed by atoms with Crippen molar-refractivity contribution in [3.05, 3.63) is 65.6 Å². The molecule has 154 valence electrons. The fourth-order valence-corrected chi connectivity index (χ4v) is 3.27. The van der Waals surface area contributed by atoms with Gasteiger partial charge in [-0.3, -0.25) is 9.59 Å². The van der Waals surface area contributed by atoms with Gasteiger partial charge in [0.1, 0.15) is 11.8 Å². The quantitative estimate of drug-likeness (QED) is 0.604. The molecule has 0 saturated heterocycles. The summed E-state index contributed by atoms with van der Waals surface area (Å²) < 4.78 is 36.3. The van der Waals surface area contributed by atoms with E-state index in [9.17, 15) is 18.0 Å². The fraction of sp³-hybridized carbons (Fsp3) is 0.200. The molecular formula is C20H22N2O6S. The molecule has 0 aliphatic rings. The number of hydrogen-bond donors (Lipinski definition) is 2. The first-order valence-corrected chi connectivity index (χ1v) is 10.2. The van der Waals surface area contributed by atoms with E-state index in [4.69, 9.17) is 9.47 Å². The maximum absolute atomic E-state index is 12.1. The van der Waals surface area contributed by atoms with Gasteiger partial charge in [-0.15, -0.1) is 0 Å². The molecule has 0 fully saturated rings. The summed E-state index contributed by atoms with van der Waals surface area (Å²) in [6.07, 6.45) is 1.40. The molecule has 0 aliphatic heterocycles. The highest BCUT2D eigenvalue weighted by atomic mass is 32.2. The number of ether oxygens (including phenoxy) is 2. The van der Waals surface area contributed by atoms with Gasteiger partial charge in [0.2, 0.25) is 10.0 Å². The van der Waals surface area contributed by atoms with Crippen LogP contribution < -0.4 is 14.8 Å². The number of para-hydroxylation sites is 2. The number of carbonyl (C=O) groups excluding carboxylic acids is 2. The number of rotatable bonds is 9. The second-order valence-corrected chi connectivity index (χ2v) is 7.55. The molecule has 2 aromatic rings. The van der Waals surface area contributed by atoms with Crippen molar-refractivity contribution < 1.29 is 27.5 Å². The van der Waals surface area contributed by atoms with Crippen LogP contribution in [0.1, 0.15) is 12.5 Å². The highest BCUT2D eigenvalue weighted by Gasteiger charge is 2.21. The Bertz CT molecular complexity index is 973. The normalized spacial score (nSPS) is 12.3. The Morgan fingerprint density at radius 2 is 1.72 bits per heavy atom. The van der Waals surface area contributed by atoms with Gasteiger partial charge in [0.05, 0.1) is 12.8 Å². The van der Waals surface area contributed by atoms with E-state index in [1.165, 1.54) is 20.1 Å². The first-order valence-electron chi connectivity index (χ1n) is 8.65. The summed E-state index contributed by atoms with van der Waals surface area (Å²) in [7, 11) is -2.41. The SMILES string of the molecule is COc1ccccc1NC(=O)COC(=O)[C@H](C)NS(=O)(=O)/C=C/c1ccccc1. The zero-order valence-electron chi connectivity index (χ0n) is 16.0. The fourth-order valence-electron chi connectivity index (χ4n) is 2.26. The highest BCUT2D eigenvalue weighted by molar-refractivity contribution is 7.92. The number of benzene rings is 2. The van der Waals surface area contributed by atoms with Gasteiger partial charge in [0.25, 0.3) is 5.91 Å². The summed E-state index contributed by atoms with van der Waals surface area (Å²) in [5.41, 5.74) is 1.12. The molecule has 1 atom stereocenters. The molecule has 0 aliphatic carbocycles. The van der Waals surface area contributed by atoms with Gasteiger partial charge in [0, 0.05) is 5.41 Å². The monoisotopic (exact) mass is 418 g/mol. The third-order valence-corrected chi connectivity index (χ3v) is 4.84. The zero-order chi connectivity index (χ0) is 21.3. The van der Waals surface area contributed by atoms with Crippen molar-refractivity contribution in [3.63, 3.8) is 0 Å². The summed E-state index contributed by atoms with van der Waals surface area (Å²) in [6.45, 7) is 0.761. The van der Waals surface area contributed by atoms with E-state index in [0.29, 0.717) is 17.0 Å². The van der Waals surface area contributed by atoms with Crippen molar-refractivity contribution in [2.75, 3.05) is 19.0 Å². The van der Waals surface area contributed by atoms with Crippen LogP contribution in [0.25, 0.3) is 6.08 Å². The smallest absolute Gasteiger partial charge is 0.324 e. The Kier molecular flexibility index (Phi) is 7.93. The van der Waals surface area contributed by atoms with Crippen LogP contribution in [-0.2, 0) is 24.3 Å². The lowest BCUT2D eigenvalue weighted by atomic mass is 10.2. The minimum atomic E-state index is -3.87. The predicted molar refractivity (Wildman–Crippen MR) is 110 cm³/mol. The summed E-state index contributed by atoms with van der Waals surface area (Å²) in [6, 6.07) is 14.4. The number of carbonyl (C=O) groups is 2. The van der Waals surface area contributed by atoms with Gasteiger partial charge in [-0.2, -0.15) is 4.72 Å². The van der Waals surface area contributed by atoms with Crippen molar-refractivity contribution in [1.29, 1.82) is 0 Å². The second kappa shape index (κ2) is 10.4. The molecule has 0 bridgehead atoms. The van der Waals surface area contributed by atoms with Crippen LogP contribution >= 0.6 is 0 Å². The standard InChI is InChI=1S/C20H22N2O6S/c1-15(22-29(25,26)13-12-16-8-4-3-5-9-16)20(24)28-14-19(23)21-17-10-6-7-11-18(17)27-2/h3-13,15,22H,14H2,1-2H3,(H,21,23)/b13-12+/t15-/m0/s1. The van der Waals surface area contributed by atoms with Crippen LogP contribution in [0.5, 0.6) is 5.75 Å². The van der Waals surface area contributed by atoms with Crippen molar-refractivity contribution in [2.45, 2.75) is 13.0 Å². The molecule has 8 nitrogen and oxygen atoms in total. The minimum absolute atomic E-state index is 0.427. The molecule has 0 spiro atoms. The van der Waals surface area contributed by atoms with Gasteiger partial charge in [0.15, 0.2) is 6.61 Å². The van der Waals surface area contributed by atoms with E-state index in [2.05, 4.69) is 10.0 Å². The Labute approximate surface area is 169 Å². The number of methoxy groups -OCH3 is 1. The average molecular weight is 418 g/mol. The van der Waals surface area contributed by atoms with Gasteiger partial charge in [-0.05, 0) is 30.7 Å². The summed E-state index contributed by atoms with van der Waals surface area (Å²) >= 11 is 0. The number of amides is 1. The van der Waals surface area contributed by atoms with Crippen LogP contribution in [0, 0.1) is 0 Å². The minimum Gasteiger partial charge on any atom is -0.495 e. The van der Waals surface area contributed by atoms with Crippen LogP contribution in [-0.4, -0.2) is 40.1 Å². The van der Waals surface area contributed by atoms with Gasteiger partial charge >= 0.3 is 5.97 Å². The van der Waals surface area contributed by atoms with E-state index in [-0.39, 0.29) is 0 Å². The van der Waals surface area contributed by atoms with E-state index in [0.717, 1.165) is 5.41 Å². The molecule has 0 aromatic heterocycles. The Morgan fingerprint density at radius 1 is 1.07 bits per heavy atom. The second-order valence-electron chi connectivity index (χ2n) is 5.95. The van der Waals surface area contributed by atoms with E-state index < -0.39 is 34.5 Å².